The number of ether oxygens (including phenoxy) is 1. The van der Waals surface area contributed by atoms with Gasteiger partial charge in [0.25, 0.3) is 0 Å². The van der Waals surface area contributed by atoms with Crippen molar-refractivity contribution >= 4 is 23.2 Å². The maximum absolute atomic E-state index is 12.2. The van der Waals surface area contributed by atoms with Crippen LogP contribution in [0, 0.1) is 0 Å². The summed E-state index contributed by atoms with van der Waals surface area (Å²) in [7, 11) is 1.54. The Balaban J connectivity index is 1.70. The molecule has 25 heavy (non-hydrogen) atoms. The molecule has 0 aliphatic rings. The van der Waals surface area contributed by atoms with Gasteiger partial charge in [0.1, 0.15) is 0 Å². The highest BCUT2D eigenvalue weighted by Crippen LogP contribution is 2.21. The maximum Gasteiger partial charge on any atom is 0.233 e. The molecule has 0 unspecified atom stereocenters. The molecule has 0 aliphatic heterocycles. The Labute approximate surface area is 150 Å². The minimum Gasteiger partial charge on any atom is -0.480 e. The lowest BCUT2D eigenvalue weighted by atomic mass is 10.1. The first kappa shape index (κ1) is 16.9. The van der Waals surface area contributed by atoms with Gasteiger partial charge in [-0.3, -0.25) is 4.79 Å². The highest BCUT2D eigenvalue weighted by Gasteiger charge is 2.07. The van der Waals surface area contributed by atoms with Crippen molar-refractivity contribution in [2.45, 2.75) is 6.42 Å². The third-order valence-corrected chi connectivity index (χ3v) is 3.82. The van der Waals surface area contributed by atoms with Crippen LogP contribution in [0.2, 0.25) is 5.02 Å². The van der Waals surface area contributed by atoms with Gasteiger partial charge in [0.15, 0.2) is 0 Å². The van der Waals surface area contributed by atoms with Gasteiger partial charge in [-0.25, -0.2) is 0 Å². The number of nitrogens with zero attached hydrogens (tertiary/aromatic N) is 2. The summed E-state index contributed by atoms with van der Waals surface area (Å²) in [5.41, 5.74) is 3.17. The number of nitrogens with one attached hydrogen (secondary N) is 1. The van der Waals surface area contributed by atoms with Gasteiger partial charge in [0, 0.05) is 22.3 Å². The fraction of sp³-hybridized carbons (Fsp3) is 0.105. The zero-order valence-electron chi connectivity index (χ0n) is 13.6. The topological polar surface area (TPSA) is 64.1 Å². The van der Waals surface area contributed by atoms with Crippen LogP contribution in [0.3, 0.4) is 0 Å². The van der Waals surface area contributed by atoms with E-state index in [0.717, 1.165) is 11.1 Å². The number of aromatic nitrogens is 2. The molecule has 0 spiro atoms. The third kappa shape index (κ3) is 4.55. The first-order chi connectivity index (χ1) is 12.1. The lowest BCUT2D eigenvalue weighted by Crippen LogP contribution is -2.14. The molecule has 0 aliphatic carbocycles. The zero-order chi connectivity index (χ0) is 17.6. The summed E-state index contributed by atoms with van der Waals surface area (Å²) in [5.74, 6) is 0.358. The minimum atomic E-state index is -0.0970. The second-order valence-corrected chi connectivity index (χ2v) is 5.83. The molecule has 0 bridgehead atoms. The number of amides is 1. The molecule has 0 atom stereocenters. The van der Waals surface area contributed by atoms with E-state index in [4.69, 9.17) is 16.3 Å². The zero-order valence-corrected chi connectivity index (χ0v) is 14.3. The SMILES string of the molecule is COc1ccc(-c2cccc(NC(=O)Cc3ccc(Cl)cc3)c2)nn1. The molecule has 2 aromatic carbocycles. The van der Waals surface area contributed by atoms with Gasteiger partial charge in [-0.15, -0.1) is 10.2 Å². The molecular weight excluding hydrogens is 338 g/mol. The smallest absolute Gasteiger partial charge is 0.233 e. The van der Waals surface area contributed by atoms with Crippen molar-refractivity contribution in [1.29, 1.82) is 0 Å². The Morgan fingerprint density at radius 1 is 1.08 bits per heavy atom. The molecule has 1 amide bonds. The second kappa shape index (κ2) is 7.77. The van der Waals surface area contributed by atoms with Crippen LogP contribution in [0.1, 0.15) is 5.56 Å². The largest absolute Gasteiger partial charge is 0.480 e. The molecule has 3 rings (SSSR count). The lowest BCUT2D eigenvalue weighted by Gasteiger charge is -2.08. The van der Waals surface area contributed by atoms with Crippen LogP contribution in [0.4, 0.5) is 5.69 Å². The van der Waals surface area contributed by atoms with Crippen LogP contribution in [0.15, 0.2) is 60.7 Å². The highest BCUT2D eigenvalue weighted by atomic mass is 35.5. The Morgan fingerprint density at radius 2 is 1.88 bits per heavy atom. The number of benzene rings is 2. The van der Waals surface area contributed by atoms with Gasteiger partial charge in [-0.2, -0.15) is 0 Å². The molecule has 0 saturated heterocycles. The van der Waals surface area contributed by atoms with E-state index < -0.39 is 0 Å². The van der Waals surface area contributed by atoms with E-state index in [-0.39, 0.29) is 12.3 Å². The number of carbonyl (C=O) groups excluding carboxylic acids is 1. The molecule has 0 saturated carbocycles. The lowest BCUT2D eigenvalue weighted by molar-refractivity contribution is -0.115. The highest BCUT2D eigenvalue weighted by molar-refractivity contribution is 6.30. The van der Waals surface area contributed by atoms with E-state index in [1.165, 1.54) is 0 Å². The third-order valence-electron chi connectivity index (χ3n) is 3.57. The van der Waals surface area contributed by atoms with Gasteiger partial charge in [0.05, 0.1) is 19.2 Å². The number of hydrogen-bond acceptors (Lipinski definition) is 4. The molecule has 126 valence electrons. The summed E-state index contributed by atoms with van der Waals surface area (Å²) in [6.07, 6.45) is 0.281. The van der Waals surface area contributed by atoms with Crippen molar-refractivity contribution < 1.29 is 9.53 Å². The fourth-order valence-electron chi connectivity index (χ4n) is 2.33. The van der Waals surface area contributed by atoms with Gasteiger partial charge < -0.3 is 10.1 Å². The van der Waals surface area contributed by atoms with Crippen LogP contribution in [-0.4, -0.2) is 23.2 Å². The summed E-state index contributed by atoms with van der Waals surface area (Å²) in [4.78, 5) is 12.2. The Morgan fingerprint density at radius 3 is 2.56 bits per heavy atom. The van der Waals surface area contributed by atoms with Crippen LogP contribution >= 0.6 is 11.6 Å². The average Bonchev–Trinajstić information content (AvgIpc) is 2.64. The van der Waals surface area contributed by atoms with E-state index in [1.54, 1.807) is 25.3 Å². The normalized spacial score (nSPS) is 10.3. The summed E-state index contributed by atoms with van der Waals surface area (Å²) >= 11 is 5.85. The van der Waals surface area contributed by atoms with Crippen LogP contribution in [0.25, 0.3) is 11.3 Å². The van der Waals surface area contributed by atoms with E-state index in [1.807, 2.05) is 42.5 Å². The number of anilines is 1. The summed E-state index contributed by atoms with van der Waals surface area (Å²) < 4.78 is 5.01. The monoisotopic (exact) mass is 353 g/mol. The van der Waals surface area contributed by atoms with E-state index >= 15 is 0 Å². The van der Waals surface area contributed by atoms with Gasteiger partial charge >= 0.3 is 0 Å². The second-order valence-electron chi connectivity index (χ2n) is 5.39. The predicted molar refractivity (Wildman–Crippen MR) is 97.8 cm³/mol. The number of hydrogen-bond donors (Lipinski definition) is 1. The van der Waals surface area contributed by atoms with Crippen LogP contribution in [0.5, 0.6) is 5.88 Å². The Bertz CT molecular complexity index is 865. The van der Waals surface area contributed by atoms with E-state index in [9.17, 15) is 4.79 Å². The predicted octanol–water partition coefficient (Wildman–Crippen LogP) is 3.99. The first-order valence-corrected chi connectivity index (χ1v) is 8.04. The van der Waals surface area contributed by atoms with Crippen LogP contribution in [-0.2, 0) is 11.2 Å². The Hall–Kier alpha value is -2.92. The molecule has 1 aromatic heterocycles. The standard InChI is InChI=1S/C19H16ClN3O2/c1-25-19-10-9-17(22-23-19)14-3-2-4-16(12-14)21-18(24)11-13-5-7-15(20)8-6-13/h2-10,12H,11H2,1H3,(H,21,24). The minimum absolute atomic E-state index is 0.0970. The summed E-state index contributed by atoms with van der Waals surface area (Å²) in [6, 6.07) is 18.2. The van der Waals surface area contributed by atoms with Crippen molar-refractivity contribution in [1.82, 2.24) is 10.2 Å². The van der Waals surface area contributed by atoms with Gasteiger partial charge in [0.2, 0.25) is 11.8 Å². The van der Waals surface area contributed by atoms with Crippen molar-refractivity contribution in [2.24, 2.45) is 0 Å². The Kier molecular flexibility index (Phi) is 5.26. The number of methoxy groups -OCH3 is 1. The number of rotatable bonds is 5. The average molecular weight is 354 g/mol. The number of carbonyl (C=O) groups is 1. The maximum atomic E-state index is 12.2. The molecular formula is C19H16ClN3O2. The van der Waals surface area contributed by atoms with Gasteiger partial charge in [-0.05, 0) is 35.9 Å². The molecule has 1 heterocycles. The molecule has 3 aromatic rings. The summed E-state index contributed by atoms with van der Waals surface area (Å²) in [5, 5.41) is 11.6. The molecule has 6 heteroatoms. The molecule has 0 fully saturated rings. The van der Waals surface area contributed by atoms with Crippen molar-refractivity contribution in [3.63, 3.8) is 0 Å². The van der Waals surface area contributed by atoms with E-state index in [0.29, 0.717) is 22.3 Å². The van der Waals surface area contributed by atoms with Crippen molar-refractivity contribution in [3.8, 4) is 17.1 Å². The summed E-state index contributed by atoms with van der Waals surface area (Å²) in [6.45, 7) is 0. The fourth-order valence-corrected chi connectivity index (χ4v) is 2.46. The molecule has 0 radical (unpaired) electrons. The number of halogens is 1. The molecule has 5 nitrogen and oxygen atoms in total. The molecule has 1 N–H and O–H groups in total. The quantitative estimate of drug-likeness (QED) is 0.753. The first-order valence-electron chi connectivity index (χ1n) is 7.66. The van der Waals surface area contributed by atoms with Crippen LogP contribution < -0.4 is 10.1 Å². The van der Waals surface area contributed by atoms with E-state index in [2.05, 4.69) is 15.5 Å². The van der Waals surface area contributed by atoms with Crippen molar-refractivity contribution in [2.75, 3.05) is 12.4 Å². The van der Waals surface area contributed by atoms with Gasteiger partial charge in [-0.1, -0.05) is 35.9 Å². The van der Waals surface area contributed by atoms with Crippen molar-refractivity contribution in [3.05, 3.63) is 71.2 Å².